The number of carbonyl (C=O) groups is 1. The van der Waals surface area contributed by atoms with Crippen molar-refractivity contribution >= 4 is 11.7 Å². The van der Waals surface area contributed by atoms with Gasteiger partial charge in [-0.15, -0.1) is 0 Å². The van der Waals surface area contributed by atoms with Gasteiger partial charge < -0.3 is 15.5 Å². The summed E-state index contributed by atoms with van der Waals surface area (Å²) in [5.41, 5.74) is 2.16. The summed E-state index contributed by atoms with van der Waals surface area (Å²) in [4.78, 5) is 14.0. The van der Waals surface area contributed by atoms with Gasteiger partial charge in [-0.3, -0.25) is 0 Å². The number of rotatable bonds is 1. The zero-order valence-electron chi connectivity index (χ0n) is 9.78. The monoisotopic (exact) mass is 231 g/mol. The fraction of sp³-hybridized carbons (Fsp3) is 0.462. The van der Waals surface area contributed by atoms with Gasteiger partial charge in [0.1, 0.15) is 0 Å². The smallest absolute Gasteiger partial charge is 0.316 e. The lowest BCUT2D eigenvalue weighted by Gasteiger charge is -2.37. The van der Waals surface area contributed by atoms with E-state index >= 15 is 0 Å². The number of urea groups is 1. The second-order valence-corrected chi connectivity index (χ2v) is 4.72. The van der Waals surface area contributed by atoms with E-state index in [0.29, 0.717) is 6.04 Å². The molecule has 0 aromatic heterocycles. The molecule has 0 radical (unpaired) electrons. The maximum Gasteiger partial charge on any atom is 0.322 e. The molecule has 2 amide bonds. The number of para-hydroxylation sites is 1. The summed E-state index contributed by atoms with van der Waals surface area (Å²) in [5.74, 6) is 0. The molecule has 0 spiro atoms. The molecule has 4 heteroatoms. The third-order valence-corrected chi connectivity index (χ3v) is 3.57. The highest BCUT2D eigenvalue weighted by molar-refractivity contribution is 5.92. The highest BCUT2D eigenvalue weighted by Crippen LogP contribution is 2.25. The van der Waals surface area contributed by atoms with Crippen LogP contribution in [0.3, 0.4) is 0 Å². The van der Waals surface area contributed by atoms with Crippen molar-refractivity contribution in [2.24, 2.45) is 0 Å². The molecule has 17 heavy (non-hydrogen) atoms. The largest absolute Gasteiger partial charge is 0.322 e. The first-order valence-electron chi connectivity index (χ1n) is 6.21. The molecule has 90 valence electrons. The first-order valence-corrected chi connectivity index (χ1v) is 6.21. The second-order valence-electron chi connectivity index (χ2n) is 4.72. The fourth-order valence-electron chi connectivity index (χ4n) is 2.62. The van der Waals surface area contributed by atoms with Gasteiger partial charge in [-0.05, 0) is 31.0 Å². The first kappa shape index (κ1) is 10.6. The lowest BCUT2D eigenvalue weighted by Crippen LogP contribution is -2.51. The maximum atomic E-state index is 12.0. The Bertz CT molecular complexity index is 426. The van der Waals surface area contributed by atoms with E-state index in [1.165, 1.54) is 5.56 Å². The summed E-state index contributed by atoms with van der Waals surface area (Å²) in [7, 11) is 0. The third kappa shape index (κ3) is 2.00. The van der Waals surface area contributed by atoms with E-state index in [1.807, 2.05) is 23.1 Å². The van der Waals surface area contributed by atoms with Crippen LogP contribution < -0.4 is 10.6 Å². The Labute approximate surface area is 101 Å². The summed E-state index contributed by atoms with van der Waals surface area (Å²) < 4.78 is 0. The molecule has 1 saturated heterocycles. The molecule has 0 bridgehead atoms. The lowest BCUT2D eigenvalue weighted by molar-refractivity contribution is 0.166. The summed E-state index contributed by atoms with van der Waals surface area (Å²) in [5, 5.41) is 6.32. The highest BCUT2D eigenvalue weighted by Gasteiger charge is 2.29. The molecule has 3 rings (SSSR count). The van der Waals surface area contributed by atoms with E-state index < -0.39 is 0 Å². The Kier molecular flexibility index (Phi) is 2.73. The van der Waals surface area contributed by atoms with Crippen LogP contribution in [0.4, 0.5) is 10.5 Å². The number of hydrogen-bond donors (Lipinski definition) is 2. The predicted octanol–water partition coefficient (Wildman–Crippen LogP) is 1.79. The van der Waals surface area contributed by atoms with E-state index in [4.69, 9.17) is 0 Å². The average Bonchev–Trinajstić information content (AvgIpc) is 2.39. The van der Waals surface area contributed by atoms with E-state index in [-0.39, 0.29) is 6.03 Å². The number of nitrogens with zero attached hydrogens (tertiary/aromatic N) is 1. The van der Waals surface area contributed by atoms with Gasteiger partial charge in [0.05, 0.1) is 0 Å². The van der Waals surface area contributed by atoms with Gasteiger partial charge in [0.25, 0.3) is 0 Å². The Balaban J connectivity index is 1.81. The van der Waals surface area contributed by atoms with Gasteiger partial charge in [0.2, 0.25) is 0 Å². The summed E-state index contributed by atoms with van der Waals surface area (Å²) in [6, 6.07) is 8.39. The molecule has 0 unspecified atom stereocenters. The van der Waals surface area contributed by atoms with E-state index in [2.05, 4.69) is 16.7 Å². The molecule has 1 atom stereocenters. The van der Waals surface area contributed by atoms with Crippen LogP contribution >= 0.6 is 0 Å². The SMILES string of the molecule is O=C1Nc2ccccc2CN1[C@@H]1CCCNC1. The first-order chi connectivity index (χ1) is 8.34. The molecular weight excluding hydrogens is 214 g/mol. The lowest BCUT2D eigenvalue weighted by atomic mass is 10.0. The number of nitrogens with one attached hydrogen (secondary N) is 2. The maximum absolute atomic E-state index is 12.0. The summed E-state index contributed by atoms with van der Waals surface area (Å²) >= 11 is 0. The normalized spacial score (nSPS) is 24.1. The molecule has 2 N–H and O–H groups in total. The van der Waals surface area contributed by atoms with Crippen LogP contribution in [0.25, 0.3) is 0 Å². The van der Waals surface area contributed by atoms with Gasteiger partial charge in [0.15, 0.2) is 0 Å². The van der Waals surface area contributed by atoms with Crippen molar-refractivity contribution in [3.8, 4) is 0 Å². The number of fused-ring (bicyclic) bond motifs is 1. The molecule has 4 nitrogen and oxygen atoms in total. The molecule has 2 aliphatic rings. The third-order valence-electron chi connectivity index (χ3n) is 3.57. The molecule has 2 heterocycles. The van der Waals surface area contributed by atoms with Gasteiger partial charge in [-0.2, -0.15) is 0 Å². The molecule has 2 aliphatic heterocycles. The number of carbonyl (C=O) groups excluding carboxylic acids is 1. The van der Waals surface area contributed by atoms with E-state index in [1.54, 1.807) is 0 Å². The second kappa shape index (κ2) is 4.37. The van der Waals surface area contributed by atoms with Crippen molar-refractivity contribution in [2.45, 2.75) is 25.4 Å². The number of anilines is 1. The van der Waals surface area contributed by atoms with Crippen LogP contribution in [0.15, 0.2) is 24.3 Å². The molecule has 1 fully saturated rings. The molecule has 1 aromatic rings. The van der Waals surface area contributed by atoms with Crippen LogP contribution in [-0.2, 0) is 6.54 Å². The molecule has 0 saturated carbocycles. The van der Waals surface area contributed by atoms with Gasteiger partial charge in [0, 0.05) is 24.8 Å². The number of amides is 2. The van der Waals surface area contributed by atoms with E-state index in [0.717, 1.165) is 38.2 Å². The quantitative estimate of drug-likeness (QED) is 0.774. The fourth-order valence-corrected chi connectivity index (χ4v) is 2.62. The van der Waals surface area contributed by atoms with Crippen molar-refractivity contribution in [1.82, 2.24) is 10.2 Å². The van der Waals surface area contributed by atoms with Crippen LogP contribution in [-0.4, -0.2) is 30.1 Å². The molecule has 0 aliphatic carbocycles. The predicted molar refractivity (Wildman–Crippen MR) is 66.9 cm³/mol. The zero-order valence-corrected chi connectivity index (χ0v) is 9.78. The summed E-state index contributed by atoms with van der Waals surface area (Å²) in [6.07, 6.45) is 2.25. The van der Waals surface area contributed by atoms with Crippen molar-refractivity contribution in [2.75, 3.05) is 18.4 Å². The average molecular weight is 231 g/mol. The Hall–Kier alpha value is -1.55. The number of benzene rings is 1. The van der Waals surface area contributed by atoms with Crippen LogP contribution in [0, 0.1) is 0 Å². The Morgan fingerprint density at radius 2 is 2.18 bits per heavy atom. The van der Waals surface area contributed by atoms with Crippen molar-refractivity contribution in [1.29, 1.82) is 0 Å². The Morgan fingerprint density at radius 3 is 3.00 bits per heavy atom. The minimum atomic E-state index is 0.0393. The minimum absolute atomic E-state index is 0.0393. The molecule has 1 aromatic carbocycles. The Morgan fingerprint density at radius 1 is 1.29 bits per heavy atom. The van der Waals surface area contributed by atoms with Gasteiger partial charge in [-0.1, -0.05) is 18.2 Å². The zero-order chi connectivity index (χ0) is 11.7. The van der Waals surface area contributed by atoms with Crippen LogP contribution in [0.2, 0.25) is 0 Å². The van der Waals surface area contributed by atoms with Gasteiger partial charge in [-0.25, -0.2) is 4.79 Å². The van der Waals surface area contributed by atoms with Crippen molar-refractivity contribution in [3.63, 3.8) is 0 Å². The standard InChI is InChI=1S/C13H17N3O/c17-13-15-12-6-2-1-4-10(12)9-16(13)11-5-3-7-14-8-11/h1-2,4,6,11,14H,3,5,7-9H2,(H,15,17)/t11-/m1/s1. The highest BCUT2D eigenvalue weighted by atomic mass is 16.2. The van der Waals surface area contributed by atoms with Gasteiger partial charge >= 0.3 is 6.03 Å². The summed E-state index contributed by atoms with van der Waals surface area (Å²) in [6.45, 7) is 2.71. The number of hydrogen-bond acceptors (Lipinski definition) is 2. The number of piperidine rings is 1. The van der Waals surface area contributed by atoms with Crippen molar-refractivity contribution < 1.29 is 4.79 Å². The van der Waals surface area contributed by atoms with Crippen LogP contribution in [0.1, 0.15) is 18.4 Å². The minimum Gasteiger partial charge on any atom is -0.316 e. The van der Waals surface area contributed by atoms with Crippen LogP contribution in [0.5, 0.6) is 0 Å². The topological polar surface area (TPSA) is 44.4 Å². The molecular formula is C13H17N3O. The van der Waals surface area contributed by atoms with E-state index in [9.17, 15) is 4.79 Å². The van der Waals surface area contributed by atoms with Crippen molar-refractivity contribution in [3.05, 3.63) is 29.8 Å².